The second-order valence-corrected chi connectivity index (χ2v) is 3.73. The van der Waals surface area contributed by atoms with Crippen molar-refractivity contribution in [3.8, 4) is 0 Å². The van der Waals surface area contributed by atoms with Gasteiger partial charge in [-0.2, -0.15) is 0 Å². The average molecular weight is 187 g/mol. The number of carboxylic acid groups (broad SMARTS) is 1. The summed E-state index contributed by atoms with van der Waals surface area (Å²) in [6, 6.07) is 0. The van der Waals surface area contributed by atoms with Crippen LogP contribution in [0.15, 0.2) is 0 Å². The van der Waals surface area contributed by atoms with E-state index in [9.17, 15) is 9.90 Å². The van der Waals surface area contributed by atoms with Crippen molar-refractivity contribution in [1.82, 2.24) is 5.32 Å². The quantitative estimate of drug-likeness (QED) is 0.588. The van der Waals surface area contributed by atoms with Crippen molar-refractivity contribution in [2.45, 2.75) is 32.3 Å². The summed E-state index contributed by atoms with van der Waals surface area (Å²) in [6.45, 7) is 4.40. The molecule has 1 aliphatic rings. The summed E-state index contributed by atoms with van der Waals surface area (Å²) < 4.78 is 0. The second kappa shape index (κ2) is 3.27. The summed E-state index contributed by atoms with van der Waals surface area (Å²) in [5.74, 6) is -0.891. The third-order valence-corrected chi connectivity index (χ3v) is 3.32. The fraction of sp³-hybridized carbons (Fsp3) is 0.889. The molecule has 0 aliphatic carbocycles. The van der Waals surface area contributed by atoms with E-state index in [1.807, 2.05) is 13.8 Å². The van der Waals surface area contributed by atoms with Gasteiger partial charge in [-0.25, -0.2) is 0 Å². The van der Waals surface area contributed by atoms with Gasteiger partial charge < -0.3 is 15.5 Å². The number of rotatable bonds is 4. The van der Waals surface area contributed by atoms with Crippen LogP contribution in [0.5, 0.6) is 0 Å². The number of nitrogens with one attached hydrogen (secondary N) is 1. The molecule has 1 heterocycles. The number of carboxylic acids is 1. The Kier molecular flexibility index (Phi) is 2.63. The molecular weight excluding hydrogens is 170 g/mol. The zero-order chi connectivity index (χ0) is 10.1. The molecule has 1 rings (SSSR count). The molecule has 0 radical (unpaired) electrons. The molecule has 0 saturated carbocycles. The summed E-state index contributed by atoms with van der Waals surface area (Å²) in [5, 5.41) is 22.1. The molecule has 1 aliphatic heterocycles. The molecule has 1 saturated heterocycles. The third kappa shape index (κ3) is 1.25. The Bertz CT molecular complexity index is 207. The van der Waals surface area contributed by atoms with Crippen molar-refractivity contribution in [1.29, 1.82) is 0 Å². The van der Waals surface area contributed by atoms with Gasteiger partial charge in [0.15, 0.2) is 0 Å². The first-order valence-corrected chi connectivity index (χ1v) is 4.69. The Labute approximate surface area is 78.0 Å². The molecule has 76 valence electrons. The lowest BCUT2D eigenvalue weighted by Crippen LogP contribution is -2.69. The topological polar surface area (TPSA) is 69.6 Å². The van der Waals surface area contributed by atoms with E-state index >= 15 is 0 Å². The highest BCUT2D eigenvalue weighted by Crippen LogP contribution is 2.40. The highest BCUT2D eigenvalue weighted by Gasteiger charge is 2.58. The van der Waals surface area contributed by atoms with Gasteiger partial charge in [-0.05, 0) is 12.8 Å². The van der Waals surface area contributed by atoms with Crippen LogP contribution in [0.3, 0.4) is 0 Å². The van der Waals surface area contributed by atoms with Crippen LogP contribution in [0.4, 0.5) is 0 Å². The van der Waals surface area contributed by atoms with E-state index < -0.39 is 17.0 Å². The zero-order valence-electron chi connectivity index (χ0n) is 8.13. The summed E-state index contributed by atoms with van der Waals surface area (Å²) in [6.07, 6.45) is 0.967. The summed E-state index contributed by atoms with van der Waals surface area (Å²) in [4.78, 5) is 11.1. The van der Waals surface area contributed by atoms with Gasteiger partial charge in [-0.15, -0.1) is 0 Å². The van der Waals surface area contributed by atoms with Crippen molar-refractivity contribution in [3.05, 3.63) is 0 Å². The van der Waals surface area contributed by atoms with E-state index in [4.69, 9.17) is 5.11 Å². The zero-order valence-corrected chi connectivity index (χ0v) is 8.13. The standard InChI is InChI=1S/C9H17NO3/c1-3-9(13,4-2)8(7(11)12)5-10-6-8/h10,13H,3-6H2,1-2H3,(H,11,12). The van der Waals surface area contributed by atoms with Crippen molar-refractivity contribution in [3.63, 3.8) is 0 Å². The van der Waals surface area contributed by atoms with E-state index in [1.54, 1.807) is 0 Å². The van der Waals surface area contributed by atoms with E-state index in [1.165, 1.54) is 0 Å². The van der Waals surface area contributed by atoms with E-state index in [2.05, 4.69) is 5.32 Å². The second-order valence-electron chi connectivity index (χ2n) is 3.73. The Morgan fingerprint density at radius 2 is 1.92 bits per heavy atom. The predicted molar refractivity (Wildman–Crippen MR) is 48.5 cm³/mol. The number of hydrogen-bond donors (Lipinski definition) is 3. The van der Waals surface area contributed by atoms with Crippen molar-refractivity contribution >= 4 is 5.97 Å². The van der Waals surface area contributed by atoms with E-state index in [0.717, 1.165) is 0 Å². The SMILES string of the molecule is CCC(O)(CC)C1(C(=O)O)CNC1. The van der Waals surface area contributed by atoms with E-state index in [-0.39, 0.29) is 0 Å². The van der Waals surface area contributed by atoms with E-state index in [0.29, 0.717) is 25.9 Å². The molecule has 4 heteroatoms. The molecular formula is C9H17NO3. The monoisotopic (exact) mass is 187 g/mol. The summed E-state index contributed by atoms with van der Waals surface area (Å²) in [5.41, 5.74) is -2.03. The minimum absolute atomic E-state index is 0.376. The van der Waals surface area contributed by atoms with Gasteiger partial charge in [0.2, 0.25) is 0 Å². The Hall–Kier alpha value is -0.610. The van der Waals surface area contributed by atoms with Gasteiger partial charge in [0.05, 0.1) is 5.60 Å². The summed E-state index contributed by atoms with van der Waals surface area (Å²) >= 11 is 0. The molecule has 0 spiro atoms. The van der Waals surface area contributed by atoms with Gasteiger partial charge >= 0.3 is 5.97 Å². The lowest BCUT2D eigenvalue weighted by Gasteiger charge is -2.49. The van der Waals surface area contributed by atoms with Gasteiger partial charge in [0, 0.05) is 13.1 Å². The normalized spacial score (nSPS) is 20.8. The summed E-state index contributed by atoms with van der Waals surface area (Å²) in [7, 11) is 0. The van der Waals surface area contributed by atoms with Crippen LogP contribution in [0.1, 0.15) is 26.7 Å². The lowest BCUT2D eigenvalue weighted by molar-refractivity contribution is -0.179. The number of aliphatic hydroxyl groups is 1. The minimum atomic E-state index is -1.07. The van der Waals surface area contributed by atoms with Crippen molar-refractivity contribution < 1.29 is 15.0 Å². The Morgan fingerprint density at radius 3 is 2.00 bits per heavy atom. The minimum Gasteiger partial charge on any atom is -0.481 e. The first kappa shape index (κ1) is 10.5. The van der Waals surface area contributed by atoms with Gasteiger partial charge in [-0.3, -0.25) is 4.79 Å². The lowest BCUT2D eigenvalue weighted by atomic mass is 9.65. The molecule has 0 aromatic rings. The fourth-order valence-electron chi connectivity index (χ4n) is 1.98. The molecule has 1 fully saturated rings. The molecule has 0 amide bonds. The van der Waals surface area contributed by atoms with Crippen LogP contribution in [-0.4, -0.2) is 34.9 Å². The number of aliphatic carboxylic acids is 1. The van der Waals surface area contributed by atoms with Crippen LogP contribution in [-0.2, 0) is 4.79 Å². The maximum Gasteiger partial charge on any atom is 0.315 e. The molecule has 4 nitrogen and oxygen atoms in total. The number of carbonyl (C=O) groups is 1. The largest absolute Gasteiger partial charge is 0.481 e. The number of hydrogen-bond acceptors (Lipinski definition) is 3. The fourth-order valence-corrected chi connectivity index (χ4v) is 1.98. The molecule has 13 heavy (non-hydrogen) atoms. The molecule has 0 aromatic heterocycles. The van der Waals surface area contributed by atoms with Crippen LogP contribution in [0.25, 0.3) is 0 Å². The molecule has 3 N–H and O–H groups in total. The van der Waals surface area contributed by atoms with Gasteiger partial charge in [-0.1, -0.05) is 13.8 Å². The van der Waals surface area contributed by atoms with Crippen LogP contribution < -0.4 is 5.32 Å². The molecule has 0 aromatic carbocycles. The predicted octanol–water partition coefficient (Wildman–Crippen LogP) is 0.212. The molecule has 0 bridgehead atoms. The Balaban J connectivity index is 2.92. The highest BCUT2D eigenvalue weighted by molar-refractivity contribution is 5.78. The first-order chi connectivity index (χ1) is 6.02. The van der Waals surface area contributed by atoms with Crippen LogP contribution in [0, 0.1) is 5.41 Å². The maximum absolute atomic E-state index is 11.1. The van der Waals surface area contributed by atoms with Crippen LogP contribution >= 0.6 is 0 Å². The van der Waals surface area contributed by atoms with Crippen molar-refractivity contribution in [2.75, 3.05) is 13.1 Å². The maximum atomic E-state index is 11.1. The highest BCUT2D eigenvalue weighted by atomic mass is 16.4. The van der Waals surface area contributed by atoms with Gasteiger partial charge in [0.25, 0.3) is 0 Å². The third-order valence-electron chi connectivity index (χ3n) is 3.32. The average Bonchev–Trinajstić information content (AvgIpc) is 2.01. The van der Waals surface area contributed by atoms with Crippen LogP contribution in [0.2, 0.25) is 0 Å². The Morgan fingerprint density at radius 1 is 1.46 bits per heavy atom. The molecule has 0 atom stereocenters. The van der Waals surface area contributed by atoms with Crippen molar-refractivity contribution in [2.24, 2.45) is 5.41 Å². The first-order valence-electron chi connectivity index (χ1n) is 4.69. The smallest absolute Gasteiger partial charge is 0.315 e. The van der Waals surface area contributed by atoms with Gasteiger partial charge in [0.1, 0.15) is 5.41 Å². The molecule has 0 unspecified atom stereocenters.